The molecule has 0 aliphatic carbocycles. The highest BCUT2D eigenvalue weighted by molar-refractivity contribution is 5.80. The summed E-state index contributed by atoms with van der Waals surface area (Å²) in [4.78, 5) is 11.1. The van der Waals surface area contributed by atoms with Crippen LogP contribution in [0.4, 0.5) is 0 Å². The molecule has 3 heteroatoms. The minimum atomic E-state index is 0.00252. The second-order valence-electron chi connectivity index (χ2n) is 2.96. The van der Waals surface area contributed by atoms with Crippen LogP contribution in [-0.2, 0) is 9.53 Å². The van der Waals surface area contributed by atoms with E-state index in [9.17, 15) is 4.79 Å². The Labute approximate surface area is 74.3 Å². The molecule has 0 bridgehead atoms. The molecule has 0 fully saturated rings. The van der Waals surface area contributed by atoms with Gasteiger partial charge in [0.1, 0.15) is 6.61 Å². The SMILES string of the molecule is CCCOCC(=O)CC(N)CC. The van der Waals surface area contributed by atoms with Gasteiger partial charge in [0.05, 0.1) is 0 Å². The normalized spacial score (nSPS) is 12.9. The molecule has 3 nitrogen and oxygen atoms in total. The Morgan fingerprint density at radius 3 is 2.67 bits per heavy atom. The van der Waals surface area contributed by atoms with Crippen molar-refractivity contribution in [2.24, 2.45) is 5.73 Å². The lowest BCUT2D eigenvalue weighted by Gasteiger charge is -2.07. The number of carbonyl (C=O) groups excluding carboxylic acids is 1. The molecule has 12 heavy (non-hydrogen) atoms. The molecule has 1 atom stereocenters. The number of rotatable bonds is 7. The Hall–Kier alpha value is -0.410. The van der Waals surface area contributed by atoms with E-state index >= 15 is 0 Å². The van der Waals surface area contributed by atoms with Gasteiger partial charge in [-0.25, -0.2) is 0 Å². The first-order valence-electron chi connectivity index (χ1n) is 4.55. The maximum absolute atomic E-state index is 11.1. The zero-order valence-electron chi connectivity index (χ0n) is 8.01. The molecule has 0 aromatic rings. The molecule has 0 heterocycles. The van der Waals surface area contributed by atoms with Crippen LogP contribution in [0, 0.1) is 0 Å². The fourth-order valence-corrected chi connectivity index (χ4v) is 0.826. The highest BCUT2D eigenvalue weighted by Gasteiger charge is 2.06. The Balaban J connectivity index is 3.33. The minimum Gasteiger partial charge on any atom is -0.374 e. The van der Waals surface area contributed by atoms with E-state index in [0.717, 1.165) is 12.8 Å². The van der Waals surface area contributed by atoms with Crippen LogP contribution in [0.25, 0.3) is 0 Å². The highest BCUT2D eigenvalue weighted by Crippen LogP contribution is 1.95. The van der Waals surface area contributed by atoms with E-state index in [-0.39, 0.29) is 18.4 Å². The summed E-state index contributed by atoms with van der Waals surface area (Å²) in [6, 6.07) is 0.00252. The van der Waals surface area contributed by atoms with Crippen molar-refractivity contribution in [3.05, 3.63) is 0 Å². The van der Waals surface area contributed by atoms with Crippen LogP contribution in [0.15, 0.2) is 0 Å². The number of hydrogen-bond donors (Lipinski definition) is 1. The predicted octanol–water partition coefficient (Wildman–Crippen LogP) is 1.11. The molecular formula is C9H19NO2. The van der Waals surface area contributed by atoms with Crippen molar-refractivity contribution in [3.8, 4) is 0 Å². The van der Waals surface area contributed by atoms with Crippen molar-refractivity contribution in [2.45, 2.75) is 39.2 Å². The van der Waals surface area contributed by atoms with Crippen molar-refractivity contribution < 1.29 is 9.53 Å². The first-order valence-corrected chi connectivity index (χ1v) is 4.55. The second kappa shape index (κ2) is 7.25. The number of carbonyl (C=O) groups is 1. The van der Waals surface area contributed by atoms with Gasteiger partial charge in [0.2, 0.25) is 0 Å². The standard InChI is InChI=1S/C9H19NO2/c1-3-5-12-7-9(11)6-8(10)4-2/h8H,3-7,10H2,1-2H3. The molecule has 1 unspecified atom stereocenters. The molecule has 0 aliphatic heterocycles. The largest absolute Gasteiger partial charge is 0.374 e. The minimum absolute atomic E-state index is 0.00252. The summed E-state index contributed by atoms with van der Waals surface area (Å²) in [6.07, 6.45) is 2.24. The van der Waals surface area contributed by atoms with Gasteiger partial charge in [0.15, 0.2) is 5.78 Å². The zero-order chi connectivity index (χ0) is 9.40. The van der Waals surface area contributed by atoms with Crippen LogP contribution >= 0.6 is 0 Å². The summed E-state index contributed by atoms with van der Waals surface area (Å²) >= 11 is 0. The van der Waals surface area contributed by atoms with Crippen LogP contribution in [0.5, 0.6) is 0 Å². The molecule has 0 rings (SSSR count). The van der Waals surface area contributed by atoms with E-state index in [1.165, 1.54) is 0 Å². The summed E-state index contributed by atoms with van der Waals surface area (Å²) in [5, 5.41) is 0. The van der Waals surface area contributed by atoms with Crippen molar-refractivity contribution >= 4 is 5.78 Å². The molecule has 0 aromatic carbocycles. The van der Waals surface area contributed by atoms with Crippen LogP contribution in [0.1, 0.15) is 33.1 Å². The van der Waals surface area contributed by atoms with Crippen molar-refractivity contribution in [3.63, 3.8) is 0 Å². The van der Waals surface area contributed by atoms with Gasteiger partial charge in [-0.3, -0.25) is 4.79 Å². The van der Waals surface area contributed by atoms with Gasteiger partial charge in [0, 0.05) is 19.1 Å². The fraction of sp³-hybridized carbons (Fsp3) is 0.889. The Bertz CT molecular complexity index is 126. The second-order valence-corrected chi connectivity index (χ2v) is 2.96. The van der Waals surface area contributed by atoms with Gasteiger partial charge in [-0.15, -0.1) is 0 Å². The lowest BCUT2D eigenvalue weighted by Crippen LogP contribution is -2.24. The molecule has 0 saturated carbocycles. The molecule has 0 aromatic heterocycles. The van der Waals surface area contributed by atoms with E-state index in [2.05, 4.69) is 0 Å². The molecule has 0 spiro atoms. The summed E-state index contributed by atoms with van der Waals surface area (Å²) in [5.41, 5.74) is 5.60. The van der Waals surface area contributed by atoms with Gasteiger partial charge >= 0.3 is 0 Å². The average Bonchev–Trinajstić information content (AvgIpc) is 2.05. The number of Topliss-reactive ketones (excluding diaryl/α,β-unsaturated/α-hetero) is 1. The molecule has 0 aliphatic rings. The molecule has 0 saturated heterocycles. The van der Waals surface area contributed by atoms with Crippen molar-refractivity contribution in [2.75, 3.05) is 13.2 Å². The van der Waals surface area contributed by atoms with Crippen LogP contribution in [-0.4, -0.2) is 25.0 Å². The Morgan fingerprint density at radius 2 is 2.17 bits per heavy atom. The molecule has 0 radical (unpaired) electrons. The van der Waals surface area contributed by atoms with Crippen LogP contribution < -0.4 is 5.73 Å². The lowest BCUT2D eigenvalue weighted by molar-refractivity contribution is -0.123. The molecule has 72 valence electrons. The van der Waals surface area contributed by atoms with Crippen LogP contribution in [0.3, 0.4) is 0 Å². The first-order chi connectivity index (χ1) is 5.70. The molecule has 2 N–H and O–H groups in total. The summed E-state index contributed by atoms with van der Waals surface area (Å²) in [6.45, 7) is 4.88. The molecular weight excluding hydrogens is 154 g/mol. The van der Waals surface area contributed by atoms with E-state index < -0.39 is 0 Å². The van der Waals surface area contributed by atoms with E-state index in [4.69, 9.17) is 10.5 Å². The third-order valence-corrected chi connectivity index (χ3v) is 1.63. The third kappa shape index (κ3) is 6.31. The smallest absolute Gasteiger partial charge is 0.160 e. The Morgan fingerprint density at radius 1 is 1.50 bits per heavy atom. The summed E-state index contributed by atoms with van der Waals surface area (Å²) in [7, 11) is 0. The monoisotopic (exact) mass is 173 g/mol. The maximum Gasteiger partial charge on any atom is 0.160 e. The van der Waals surface area contributed by atoms with Gasteiger partial charge in [-0.05, 0) is 12.8 Å². The maximum atomic E-state index is 11.1. The average molecular weight is 173 g/mol. The van der Waals surface area contributed by atoms with Gasteiger partial charge in [-0.1, -0.05) is 13.8 Å². The quantitative estimate of drug-likeness (QED) is 0.587. The lowest BCUT2D eigenvalue weighted by atomic mass is 10.1. The number of ether oxygens (including phenoxy) is 1. The predicted molar refractivity (Wildman–Crippen MR) is 49.0 cm³/mol. The first kappa shape index (κ1) is 11.6. The van der Waals surface area contributed by atoms with Gasteiger partial charge < -0.3 is 10.5 Å². The van der Waals surface area contributed by atoms with Crippen LogP contribution in [0.2, 0.25) is 0 Å². The summed E-state index contributed by atoms with van der Waals surface area (Å²) in [5.74, 6) is 0.109. The fourth-order valence-electron chi connectivity index (χ4n) is 0.826. The van der Waals surface area contributed by atoms with Gasteiger partial charge in [-0.2, -0.15) is 0 Å². The Kier molecular flexibility index (Phi) is 7.00. The number of nitrogens with two attached hydrogens (primary N) is 1. The zero-order valence-corrected chi connectivity index (χ0v) is 8.01. The van der Waals surface area contributed by atoms with Gasteiger partial charge in [0.25, 0.3) is 0 Å². The van der Waals surface area contributed by atoms with Crippen molar-refractivity contribution in [1.29, 1.82) is 0 Å². The third-order valence-electron chi connectivity index (χ3n) is 1.63. The topological polar surface area (TPSA) is 52.3 Å². The van der Waals surface area contributed by atoms with Crippen molar-refractivity contribution in [1.82, 2.24) is 0 Å². The van der Waals surface area contributed by atoms with E-state index in [1.54, 1.807) is 0 Å². The summed E-state index contributed by atoms with van der Waals surface area (Å²) < 4.78 is 5.08. The number of hydrogen-bond acceptors (Lipinski definition) is 3. The number of ketones is 1. The van der Waals surface area contributed by atoms with E-state index in [0.29, 0.717) is 13.0 Å². The van der Waals surface area contributed by atoms with E-state index in [1.807, 2.05) is 13.8 Å². The molecule has 0 amide bonds. The highest BCUT2D eigenvalue weighted by atomic mass is 16.5.